The fraction of sp³-hybridized carbons (Fsp3) is 0.455. The lowest BCUT2D eigenvalue weighted by Gasteiger charge is -1.98. The monoisotopic (exact) mass is 219 g/mol. The zero-order valence-electron chi connectivity index (χ0n) is 9.72. The van der Waals surface area contributed by atoms with Crippen molar-refractivity contribution >= 4 is 0 Å². The predicted octanol–water partition coefficient (Wildman–Crippen LogP) is 0.774. The van der Waals surface area contributed by atoms with Gasteiger partial charge in [-0.1, -0.05) is 6.92 Å². The Morgan fingerprint density at radius 2 is 2.00 bits per heavy atom. The zero-order valence-corrected chi connectivity index (χ0v) is 9.72. The molecule has 0 aliphatic heterocycles. The van der Waals surface area contributed by atoms with Crippen molar-refractivity contribution in [1.82, 2.24) is 24.9 Å². The summed E-state index contributed by atoms with van der Waals surface area (Å²) in [5.41, 5.74) is 2.10. The molecule has 0 aromatic carbocycles. The first-order chi connectivity index (χ1) is 7.78. The maximum Gasteiger partial charge on any atom is 0.0849 e. The van der Waals surface area contributed by atoms with Crippen LogP contribution in [-0.4, -0.2) is 26.1 Å². The molecule has 5 heteroatoms. The van der Waals surface area contributed by atoms with Crippen LogP contribution in [-0.2, 0) is 20.1 Å². The van der Waals surface area contributed by atoms with Gasteiger partial charge in [0.25, 0.3) is 0 Å². The summed E-state index contributed by atoms with van der Waals surface area (Å²) in [6.07, 6.45) is 3.93. The Balaban J connectivity index is 1.97. The van der Waals surface area contributed by atoms with E-state index in [4.69, 9.17) is 0 Å². The molecule has 0 bridgehead atoms. The Morgan fingerprint density at radius 3 is 2.69 bits per heavy atom. The molecule has 0 atom stereocenters. The van der Waals surface area contributed by atoms with Crippen molar-refractivity contribution in [1.29, 1.82) is 0 Å². The van der Waals surface area contributed by atoms with Gasteiger partial charge in [0.2, 0.25) is 0 Å². The minimum atomic E-state index is 0.729. The number of hydrogen-bond acceptors (Lipinski definition) is 3. The maximum atomic E-state index is 4.46. The molecule has 2 heterocycles. The molecule has 0 amide bonds. The molecule has 0 saturated heterocycles. The lowest BCUT2D eigenvalue weighted by Crippen LogP contribution is -2.12. The second-order valence-corrected chi connectivity index (χ2v) is 3.77. The second kappa shape index (κ2) is 4.94. The van der Waals surface area contributed by atoms with Crippen molar-refractivity contribution in [3.63, 3.8) is 0 Å². The minimum Gasteiger partial charge on any atom is -0.311 e. The molecule has 0 saturated carbocycles. The third-order valence-corrected chi connectivity index (χ3v) is 2.34. The Morgan fingerprint density at radius 1 is 1.19 bits per heavy atom. The minimum absolute atomic E-state index is 0.729. The summed E-state index contributed by atoms with van der Waals surface area (Å²) < 4.78 is 3.72. The predicted molar refractivity (Wildman–Crippen MR) is 61.9 cm³/mol. The zero-order chi connectivity index (χ0) is 11.4. The topological polar surface area (TPSA) is 47.7 Å². The van der Waals surface area contributed by atoms with Crippen LogP contribution < -0.4 is 5.32 Å². The molecule has 1 N–H and O–H groups in total. The van der Waals surface area contributed by atoms with Gasteiger partial charge in [-0.05, 0) is 18.7 Å². The number of nitrogens with one attached hydrogen (secondary N) is 1. The van der Waals surface area contributed by atoms with Crippen LogP contribution in [0.4, 0.5) is 0 Å². The average Bonchev–Trinajstić information content (AvgIpc) is 2.86. The molecule has 0 radical (unpaired) electrons. The van der Waals surface area contributed by atoms with Crippen molar-refractivity contribution in [2.24, 2.45) is 7.05 Å². The summed E-state index contributed by atoms with van der Waals surface area (Å²) in [6.45, 7) is 4.61. The van der Waals surface area contributed by atoms with Gasteiger partial charge >= 0.3 is 0 Å². The Bertz CT molecular complexity index is 443. The SMILES string of the molecule is CCNCc1ccn(Cc2ccn(C)n2)n1. The molecule has 2 aromatic rings. The second-order valence-electron chi connectivity index (χ2n) is 3.77. The third-order valence-electron chi connectivity index (χ3n) is 2.34. The highest BCUT2D eigenvalue weighted by Gasteiger charge is 2.01. The molecule has 0 spiro atoms. The van der Waals surface area contributed by atoms with E-state index in [1.807, 2.05) is 36.3 Å². The number of hydrogen-bond donors (Lipinski definition) is 1. The first-order valence-electron chi connectivity index (χ1n) is 5.49. The number of rotatable bonds is 5. The van der Waals surface area contributed by atoms with Crippen LogP contribution in [0.3, 0.4) is 0 Å². The number of aryl methyl sites for hydroxylation is 1. The molecule has 0 aliphatic carbocycles. The molecule has 86 valence electrons. The van der Waals surface area contributed by atoms with E-state index in [2.05, 4.69) is 22.4 Å². The fourth-order valence-corrected chi connectivity index (χ4v) is 1.55. The van der Waals surface area contributed by atoms with E-state index in [0.29, 0.717) is 0 Å². The van der Waals surface area contributed by atoms with Crippen LogP contribution in [0.2, 0.25) is 0 Å². The van der Waals surface area contributed by atoms with E-state index in [9.17, 15) is 0 Å². The third kappa shape index (κ3) is 2.70. The lowest BCUT2D eigenvalue weighted by atomic mass is 10.4. The Hall–Kier alpha value is -1.62. The van der Waals surface area contributed by atoms with Gasteiger partial charge in [-0.3, -0.25) is 9.36 Å². The van der Waals surface area contributed by atoms with Crippen LogP contribution in [0.15, 0.2) is 24.5 Å². The van der Waals surface area contributed by atoms with E-state index in [-0.39, 0.29) is 0 Å². The summed E-state index contributed by atoms with van der Waals surface area (Å²) in [6, 6.07) is 4.04. The van der Waals surface area contributed by atoms with Gasteiger partial charge < -0.3 is 5.32 Å². The normalized spacial score (nSPS) is 10.9. The van der Waals surface area contributed by atoms with Gasteiger partial charge in [-0.2, -0.15) is 10.2 Å². The van der Waals surface area contributed by atoms with Crippen molar-refractivity contribution in [2.45, 2.75) is 20.0 Å². The molecular formula is C11H17N5. The number of nitrogens with zero attached hydrogens (tertiary/aromatic N) is 4. The average molecular weight is 219 g/mol. The molecule has 0 aliphatic rings. The number of aromatic nitrogens is 4. The van der Waals surface area contributed by atoms with Crippen LogP contribution in [0.25, 0.3) is 0 Å². The molecular weight excluding hydrogens is 202 g/mol. The molecule has 5 nitrogen and oxygen atoms in total. The lowest BCUT2D eigenvalue weighted by molar-refractivity contribution is 0.625. The van der Waals surface area contributed by atoms with Crippen molar-refractivity contribution in [3.05, 3.63) is 35.9 Å². The van der Waals surface area contributed by atoms with Crippen LogP contribution in [0, 0.1) is 0 Å². The van der Waals surface area contributed by atoms with E-state index in [1.165, 1.54) is 0 Å². The molecule has 16 heavy (non-hydrogen) atoms. The molecule has 2 aromatic heterocycles. The quantitative estimate of drug-likeness (QED) is 0.808. The maximum absolute atomic E-state index is 4.46. The highest BCUT2D eigenvalue weighted by molar-refractivity contribution is 5.03. The van der Waals surface area contributed by atoms with Crippen LogP contribution >= 0.6 is 0 Å². The van der Waals surface area contributed by atoms with E-state index < -0.39 is 0 Å². The van der Waals surface area contributed by atoms with Gasteiger partial charge in [0.15, 0.2) is 0 Å². The summed E-state index contributed by atoms with van der Waals surface area (Å²) >= 11 is 0. The molecule has 0 fully saturated rings. The standard InChI is InChI=1S/C11H17N5/c1-3-12-8-10-5-7-16(14-10)9-11-4-6-15(2)13-11/h4-7,12H,3,8-9H2,1-2H3. The fourth-order valence-electron chi connectivity index (χ4n) is 1.55. The highest BCUT2D eigenvalue weighted by atomic mass is 15.3. The van der Waals surface area contributed by atoms with Gasteiger partial charge in [0.05, 0.1) is 17.9 Å². The molecule has 2 rings (SSSR count). The van der Waals surface area contributed by atoms with E-state index in [1.54, 1.807) is 4.68 Å². The summed E-state index contributed by atoms with van der Waals surface area (Å²) in [5, 5.41) is 12.0. The Kier molecular flexibility index (Phi) is 3.36. The van der Waals surface area contributed by atoms with Gasteiger partial charge in [-0.15, -0.1) is 0 Å². The van der Waals surface area contributed by atoms with Gasteiger partial charge in [-0.25, -0.2) is 0 Å². The summed E-state index contributed by atoms with van der Waals surface area (Å²) in [5.74, 6) is 0. The van der Waals surface area contributed by atoms with Crippen molar-refractivity contribution in [2.75, 3.05) is 6.54 Å². The Labute approximate surface area is 95.1 Å². The first kappa shape index (κ1) is 10.9. The largest absolute Gasteiger partial charge is 0.311 e. The van der Waals surface area contributed by atoms with E-state index >= 15 is 0 Å². The van der Waals surface area contributed by atoms with Crippen molar-refractivity contribution < 1.29 is 0 Å². The smallest absolute Gasteiger partial charge is 0.0849 e. The first-order valence-corrected chi connectivity index (χ1v) is 5.49. The van der Waals surface area contributed by atoms with Gasteiger partial charge in [0, 0.05) is 26.0 Å². The van der Waals surface area contributed by atoms with Crippen LogP contribution in [0.1, 0.15) is 18.3 Å². The molecule has 0 unspecified atom stereocenters. The summed E-state index contributed by atoms with van der Waals surface area (Å²) in [7, 11) is 1.92. The van der Waals surface area contributed by atoms with Gasteiger partial charge in [0.1, 0.15) is 0 Å². The van der Waals surface area contributed by atoms with E-state index in [0.717, 1.165) is 31.0 Å². The van der Waals surface area contributed by atoms with Crippen molar-refractivity contribution in [3.8, 4) is 0 Å². The highest BCUT2D eigenvalue weighted by Crippen LogP contribution is 2.00. The summed E-state index contributed by atoms with van der Waals surface area (Å²) in [4.78, 5) is 0. The van der Waals surface area contributed by atoms with Crippen LogP contribution in [0.5, 0.6) is 0 Å².